The van der Waals surface area contributed by atoms with Crippen LogP contribution >= 0.6 is 7.92 Å². The van der Waals surface area contributed by atoms with Crippen LogP contribution in [-0.2, 0) is 0 Å². The monoisotopic (exact) mass is 370 g/mol. The molecule has 0 saturated heterocycles. The second-order valence-electron chi connectivity index (χ2n) is 8.14. The van der Waals surface area contributed by atoms with Gasteiger partial charge in [-0.15, -0.1) is 7.92 Å². The van der Waals surface area contributed by atoms with Gasteiger partial charge in [0.15, 0.2) is 0 Å². The molecule has 0 bridgehead atoms. The summed E-state index contributed by atoms with van der Waals surface area (Å²) in [6, 6.07) is 0. The van der Waals surface area contributed by atoms with Crippen LogP contribution < -0.4 is 0 Å². The fourth-order valence-corrected chi connectivity index (χ4v) is 6.46. The Labute approximate surface area is 163 Å². The smallest absolute Gasteiger partial charge is 0.0326 e. The van der Waals surface area contributed by atoms with Crippen LogP contribution in [0.25, 0.3) is 0 Å². The third-order valence-electron chi connectivity index (χ3n) is 5.41. The summed E-state index contributed by atoms with van der Waals surface area (Å²) in [7, 11) is 0.396. The third kappa shape index (κ3) is 20.6. The average molecular weight is 371 g/mol. The summed E-state index contributed by atoms with van der Waals surface area (Å²) in [6.45, 7) is 7.02. The highest BCUT2D eigenvalue weighted by molar-refractivity contribution is 7.57. The summed E-state index contributed by atoms with van der Waals surface area (Å²) in [5, 5.41) is 0. The molecule has 0 aliphatic heterocycles. The minimum Gasteiger partial charge on any atom is -0.107 e. The predicted molar refractivity (Wildman–Crippen MR) is 122 cm³/mol. The summed E-state index contributed by atoms with van der Waals surface area (Å²) in [6.07, 6.45) is 31.2. The number of rotatable bonds is 21. The largest absolute Gasteiger partial charge is 0.107 e. The van der Waals surface area contributed by atoms with Gasteiger partial charge in [-0.25, -0.2) is 0 Å². The van der Waals surface area contributed by atoms with Crippen LogP contribution in [0.15, 0.2) is 0 Å². The van der Waals surface area contributed by atoms with Crippen LogP contribution in [0.3, 0.4) is 0 Å². The molecule has 0 atom stereocenters. The van der Waals surface area contributed by atoms with E-state index in [1.165, 1.54) is 128 Å². The van der Waals surface area contributed by atoms with Crippen LogP contribution in [0.2, 0.25) is 0 Å². The lowest BCUT2D eigenvalue weighted by Gasteiger charge is -2.15. The van der Waals surface area contributed by atoms with Crippen molar-refractivity contribution in [1.82, 2.24) is 0 Å². The highest BCUT2D eigenvalue weighted by atomic mass is 31.1. The summed E-state index contributed by atoms with van der Waals surface area (Å²) >= 11 is 0. The molecule has 0 aliphatic carbocycles. The molecule has 0 unspecified atom stereocenters. The fraction of sp³-hybridized carbons (Fsp3) is 1.00. The van der Waals surface area contributed by atoms with Crippen molar-refractivity contribution in [3.63, 3.8) is 0 Å². The normalized spacial score (nSPS) is 11.5. The zero-order chi connectivity index (χ0) is 18.4. The van der Waals surface area contributed by atoms with Crippen LogP contribution in [0.5, 0.6) is 0 Å². The number of hydrogen-bond donors (Lipinski definition) is 0. The van der Waals surface area contributed by atoms with E-state index in [2.05, 4.69) is 20.8 Å². The zero-order valence-corrected chi connectivity index (χ0v) is 19.2. The molecule has 152 valence electrons. The molecule has 0 fully saturated rings. The molecule has 1 heteroatoms. The first kappa shape index (κ1) is 25.4. The Balaban J connectivity index is 3.13. The van der Waals surface area contributed by atoms with Crippen molar-refractivity contribution >= 4 is 7.92 Å². The van der Waals surface area contributed by atoms with Crippen LogP contribution in [-0.4, -0.2) is 18.5 Å². The first-order valence-corrected chi connectivity index (χ1v) is 14.0. The lowest BCUT2D eigenvalue weighted by Crippen LogP contribution is -1.94. The van der Waals surface area contributed by atoms with E-state index in [1.54, 1.807) is 6.16 Å². The van der Waals surface area contributed by atoms with E-state index >= 15 is 0 Å². The number of hydrogen-bond acceptors (Lipinski definition) is 0. The second kappa shape index (κ2) is 22.5. The Bertz CT molecular complexity index is 220. The van der Waals surface area contributed by atoms with E-state index in [0.29, 0.717) is 7.92 Å². The SMILES string of the molecule is CCCCCCCCCCCCCCCCCCP(CCC)CCC. The molecule has 0 rings (SSSR count). The van der Waals surface area contributed by atoms with Crippen LogP contribution in [0.4, 0.5) is 0 Å². The molecule has 0 radical (unpaired) electrons. The Morgan fingerprint density at radius 2 is 0.640 bits per heavy atom. The fourth-order valence-electron chi connectivity index (χ4n) is 3.85. The van der Waals surface area contributed by atoms with Crippen molar-refractivity contribution in [1.29, 1.82) is 0 Å². The molecule has 0 heterocycles. The van der Waals surface area contributed by atoms with Gasteiger partial charge in [-0.05, 0) is 24.9 Å². The molecule has 0 aromatic carbocycles. The zero-order valence-electron chi connectivity index (χ0n) is 18.3. The minimum atomic E-state index is 0.396. The van der Waals surface area contributed by atoms with Gasteiger partial charge >= 0.3 is 0 Å². The molecule has 25 heavy (non-hydrogen) atoms. The van der Waals surface area contributed by atoms with Crippen molar-refractivity contribution in [2.24, 2.45) is 0 Å². The molecular formula is C24H51P. The van der Waals surface area contributed by atoms with Gasteiger partial charge in [0.05, 0.1) is 0 Å². The lowest BCUT2D eigenvalue weighted by atomic mass is 10.0. The van der Waals surface area contributed by atoms with Gasteiger partial charge in [-0.1, -0.05) is 130 Å². The minimum absolute atomic E-state index is 0.396. The first-order valence-electron chi connectivity index (χ1n) is 12.1. The summed E-state index contributed by atoms with van der Waals surface area (Å²) < 4.78 is 0. The van der Waals surface area contributed by atoms with Crippen molar-refractivity contribution in [3.8, 4) is 0 Å². The highest BCUT2D eigenvalue weighted by Gasteiger charge is 2.04. The molecule has 0 amide bonds. The van der Waals surface area contributed by atoms with E-state index in [9.17, 15) is 0 Å². The molecule has 0 spiro atoms. The van der Waals surface area contributed by atoms with Gasteiger partial charge < -0.3 is 0 Å². The van der Waals surface area contributed by atoms with E-state index < -0.39 is 0 Å². The van der Waals surface area contributed by atoms with E-state index in [4.69, 9.17) is 0 Å². The van der Waals surface area contributed by atoms with Crippen molar-refractivity contribution in [3.05, 3.63) is 0 Å². The van der Waals surface area contributed by atoms with Gasteiger partial charge in [-0.3, -0.25) is 0 Å². The quantitative estimate of drug-likeness (QED) is 0.139. The molecule has 0 N–H and O–H groups in total. The maximum Gasteiger partial charge on any atom is -0.0326 e. The summed E-state index contributed by atoms with van der Waals surface area (Å²) in [5.74, 6) is 0. The Morgan fingerprint density at radius 3 is 0.960 bits per heavy atom. The molecule has 0 nitrogen and oxygen atoms in total. The molecule has 0 aromatic rings. The van der Waals surface area contributed by atoms with E-state index in [-0.39, 0.29) is 0 Å². The maximum atomic E-state index is 2.36. The molecule has 0 aromatic heterocycles. The van der Waals surface area contributed by atoms with Crippen LogP contribution in [0.1, 0.15) is 136 Å². The van der Waals surface area contributed by atoms with Gasteiger partial charge in [0.25, 0.3) is 0 Å². The van der Waals surface area contributed by atoms with Gasteiger partial charge in [0.1, 0.15) is 0 Å². The second-order valence-corrected chi connectivity index (χ2v) is 10.8. The Kier molecular flexibility index (Phi) is 22.9. The third-order valence-corrected chi connectivity index (χ3v) is 8.52. The summed E-state index contributed by atoms with van der Waals surface area (Å²) in [4.78, 5) is 0. The number of unbranched alkanes of at least 4 members (excludes halogenated alkanes) is 15. The van der Waals surface area contributed by atoms with Gasteiger partial charge in [0.2, 0.25) is 0 Å². The Hall–Kier alpha value is 0.430. The molecular weight excluding hydrogens is 319 g/mol. The van der Waals surface area contributed by atoms with E-state index in [0.717, 1.165) is 0 Å². The Morgan fingerprint density at radius 1 is 0.320 bits per heavy atom. The predicted octanol–water partition coefficient (Wildman–Crippen LogP) is 9.55. The molecule has 0 saturated carbocycles. The van der Waals surface area contributed by atoms with Gasteiger partial charge in [-0.2, -0.15) is 0 Å². The highest BCUT2D eigenvalue weighted by Crippen LogP contribution is 2.38. The first-order chi connectivity index (χ1) is 12.3. The van der Waals surface area contributed by atoms with Crippen molar-refractivity contribution in [2.75, 3.05) is 18.5 Å². The topological polar surface area (TPSA) is 0 Å². The van der Waals surface area contributed by atoms with E-state index in [1.807, 2.05) is 0 Å². The molecule has 0 aliphatic rings. The summed E-state index contributed by atoms with van der Waals surface area (Å²) in [5.41, 5.74) is 0. The maximum absolute atomic E-state index is 2.36. The lowest BCUT2D eigenvalue weighted by molar-refractivity contribution is 0.531. The van der Waals surface area contributed by atoms with Crippen molar-refractivity contribution < 1.29 is 0 Å². The standard InChI is InChI=1S/C24H51P/c1-4-7-8-9-10-11-12-13-14-15-16-17-18-19-20-21-24-25(22-5-2)23-6-3/h4-24H2,1-3H3. The average Bonchev–Trinajstić information content (AvgIpc) is 2.61. The van der Waals surface area contributed by atoms with Crippen LogP contribution in [0, 0.1) is 0 Å². The van der Waals surface area contributed by atoms with Crippen molar-refractivity contribution in [2.45, 2.75) is 136 Å². The van der Waals surface area contributed by atoms with Gasteiger partial charge in [0, 0.05) is 0 Å².